The van der Waals surface area contributed by atoms with Crippen LogP contribution < -0.4 is 9.62 Å². The Morgan fingerprint density at radius 1 is 1.03 bits per heavy atom. The molecule has 1 unspecified atom stereocenters. The average molecular weight is 549 g/mol. The van der Waals surface area contributed by atoms with E-state index in [1.54, 1.807) is 37.3 Å². The number of anilines is 1. The van der Waals surface area contributed by atoms with Gasteiger partial charge in [-0.1, -0.05) is 59.9 Å². The number of carbonyl (C=O) groups is 2. The van der Waals surface area contributed by atoms with Gasteiger partial charge in [0.2, 0.25) is 21.8 Å². The molecule has 0 fully saturated rings. The van der Waals surface area contributed by atoms with E-state index in [0.717, 1.165) is 10.6 Å². The first-order valence-corrected chi connectivity index (χ1v) is 13.6. The Balaban J connectivity index is 2.49. The van der Waals surface area contributed by atoms with Crippen molar-refractivity contribution in [1.82, 2.24) is 10.2 Å². The maximum absolute atomic E-state index is 13.6. The molecule has 0 aliphatic rings. The summed E-state index contributed by atoms with van der Waals surface area (Å²) in [6, 6.07) is 10.2. The molecule has 0 heterocycles. The van der Waals surface area contributed by atoms with Crippen LogP contribution in [0.25, 0.3) is 0 Å². The molecule has 1 atom stereocenters. The topological polar surface area (TPSA) is 86.8 Å². The maximum atomic E-state index is 13.6. The number of carbonyl (C=O) groups excluding carboxylic acids is 2. The van der Waals surface area contributed by atoms with E-state index in [2.05, 4.69) is 5.32 Å². The van der Waals surface area contributed by atoms with E-state index in [4.69, 9.17) is 34.8 Å². The third kappa shape index (κ3) is 7.50. The minimum Gasteiger partial charge on any atom is -0.352 e. The lowest BCUT2D eigenvalue weighted by molar-refractivity contribution is -0.140. The van der Waals surface area contributed by atoms with Crippen molar-refractivity contribution in [1.29, 1.82) is 0 Å². The number of benzene rings is 2. The molecule has 7 nitrogen and oxygen atoms in total. The number of nitrogens with zero attached hydrogens (tertiary/aromatic N) is 2. The van der Waals surface area contributed by atoms with Gasteiger partial charge in [0.15, 0.2) is 0 Å². The molecule has 11 heteroatoms. The fourth-order valence-corrected chi connectivity index (χ4v) is 5.00. The van der Waals surface area contributed by atoms with E-state index in [9.17, 15) is 18.0 Å². The average Bonchev–Trinajstić information content (AvgIpc) is 2.72. The molecule has 2 amide bonds. The van der Waals surface area contributed by atoms with Crippen LogP contribution in [0, 0.1) is 0 Å². The summed E-state index contributed by atoms with van der Waals surface area (Å²) in [5, 5.41) is 3.76. The van der Waals surface area contributed by atoms with Gasteiger partial charge in [0.1, 0.15) is 12.6 Å². The molecular weight excluding hydrogens is 521 g/mol. The molecule has 1 N–H and O–H groups in total. The predicted octanol–water partition coefficient (Wildman–Crippen LogP) is 4.74. The number of rotatable bonds is 10. The van der Waals surface area contributed by atoms with E-state index in [1.165, 1.54) is 17.0 Å². The van der Waals surface area contributed by atoms with Crippen LogP contribution in [0.3, 0.4) is 0 Å². The van der Waals surface area contributed by atoms with Crippen molar-refractivity contribution in [3.63, 3.8) is 0 Å². The van der Waals surface area contributed by atoms with Crippen LogP contribution >= 0.6 is 34.8 Å². The normalized spacial score (nSPS) is 12.4. The third-order valence-corrected chi connectivity index (χ3v) is 7.01. The van der Waals surface area contributed by atoms with Crippen LogP contribution in [0.2, 0.25) is 15.1 Å². The van der Waals surface area contributed by atoms with Crippen molar-refractivity contribution in [3.05, 3.63) is 63.1 Å². The van der Waals surface area contributed by atoms with Crippen LogP contribution in [0.15, 0.2) is 42.5 Å². The summed E-state index contributed by atoms with van der Waals surface area (Å²) in [6.07, 6.45) is 1.30. The van der Waals surface area contributed by atoms with Crippen LogP contribution in [0.5, 0.6) is 0 Å². The van der Waals surface area contributed by atoms with Gasteiger partial charge in [-0.3, -0.25) is 13.9 Å². The Morgan fingerprint density at radius 3 is 2.21 bits per heavy atom. The summed E-state index contributed by atoms with van der Waals surface area (Å²) < 4.78 is 26.1. The van der Waals surface area contributed by atoms with E-state index in [0.29, 0.717) is 22.0 Å². The zero-order valence-corrected chi connectivity index (χ0v) is 22.5. The van der Waals surface area contributed by atoms with Crippen molar-refractivity contribution in [2.24, 2.45) is 0 Å². The molecule has 2 aromatic carbocycles. The lowest BCUT2D eigenvalue weighted by Gasteiger charge is -2.33. The number of halogens is 3. The van der Waals surface area contributed by atoms with Gasteiger partial charge in [-0.05, 0) is 50.1 Å². The van der Waals surface area contributed by atoms with Crippen molar-refractivity contribution < 1.29 is 18.0 Å². The molecule has 0 radical (unpaired) electrons. The number of hydrogen-bond donors (Lipinski definition) is 1. The zero-order chi connectivity index (χ0) is 25.6. The summed E-state index contributed by atoms with van der Waals surface area (Å²) in [4.78, 5) is 27.9. The second-order valence-electron chi connectivity index (χ2n) is 8.07. The van der Waals surface area contributed by atoms with Crippen LogP contribution in [-0.2, 0) is 26.2 Å². The molecule has 0 aliphatic heterocycles. The third-order valence-electron chi connectivity index (χ3n) is 4.97. The molecule has 2 rings (SSSR count). The molecule has 0 saturated carbocycles. The molecule has 0 aromatic heterocycles. The maximum Gasteiger partial charge on any atom is 0.244 e. The van der Waals surface area contributed by atoms with Gasteiger partial charge in [0.05, 0.1) is 17.0 Å². The Labute approximate surface area is 216 Å². The first-order valence-electron chi connectivity index (χ1n) is 10.6. The fourth-order valence-electron chi connectivity index (χ4n) is 3.38. The highest BCUT2D eigenvalue weighted by molar-refractivity contribution is 7.92. The van der Waals surface area contributed by atoms with E-state index < -0.39 is 28.5 Å². The molecule has 0 bridgehead atoms. The quantitative estimate of drug-likeness (QED) is 0.464. The number of nitrogens with one attached hydrogen (secondary N) is 1. The minimum atomic E-state index is -3.87. The Bertz CT molecular complexity index is 1140. The highest BCUT2D eigenvalue weighted by Crippen LogP contribution is 2.28. The monoisotopic (exact) mass is 547 g/mol. The first-order chi connectivity index (χ1) is 15.8. The molecule has 0 spiro atoms. The van der Waals surface area contributed by atoms with Crippen molar-refractivity contribution in [2.45, 2.75) is 45.8 Å². The van der Waals surface area contributed by atoms with Gasteiger partial charge >= 0.3 is 0 Å². The number of sulfonamides is 1. The van der Waals surface area contributed by atoms with Crippen LogP contribution in [-0.4, -0.2) is 50.0 Å². The Hall–Kier alpha value is -2.00. The van der Waals surface area contributed by atoms with E-state index in [1.807, 2.05) is 13.8 Å². The lowest BCUT2D eigenvalue weighted by Crippen LogP contribution is -2.53. The smallest absolute Gasteiger partial charge is 0.244 e. The SMILES string of the molecule is CCC(C(=O)NC(C)C)N(Cc1ccc(Cl)cc1Cl)C(=O)CN(c1ccccc1Cl)S(C)(=O)=O. The zero-order valence-electron chi connectivity index (χ0n) is 19.4. The molecule has 2 aromatic rings. The molecule has 186 valence electrons. The van der Waals surface area contributed by atoms with E-state index >= 15 is 0 Å². The fraction of sp³-hybridized carbons (Fsp3) is 0.391. The highest BCUT2D eigenvalue weighted by atomic mass is 35.5. The lowest BCUT2D eigenvalue weighted by atomic mass is 10.1. The molecule has 0 aliphatic carbocycles. The second-order valence-corrected chi connectivity index (χ2v) is 11.2. The standard InChI is InChI=1S/C23H28Cl3N3O4S/c1-5-20(23(31)27-15(2)3)28(13-16-10-11-17(24)12-19(16)26)22(30)14-29(34(4,32)33)21-9-7-6-8-18(21)25/h6-12,15,20H,5,13-14H2,1-4H3,(H,27,31). The molecule has 0 saturated heterocycles. The minimum absolute atomic E-state index is 0.0149. The summed E-state index contributed by atoms with van der Waals surface area (Å²) in [5.41, 5.74) is 0.739. The van der Waals surface area contributed by atoms with Crippen molar-refractivity contribution in [3.8, 4) is 0 Å². The van der Waals surface area contributed by atoms with E-state index in [-0.39, 0.29) is 29.2 Å². The Morgan fingerprint density at radius 2 is 1.68 bits per heavy atom. The van der Waals surface area contributed by atoms with Gasteiger partial charge in [0, 0.05) is 22.6 Å². The first kappa shape index (κ1) is 28.2. The number of para-hydroxylation sites is 1. The highest BCUT2D eigenvalue weighted by Gasteiger charge is 2.32. The second kappa shape index (κ2) is 12.1. The van der Waals surface area contributed by atoms with Gasteiger partial charge in [-0.15, -0.1) is 0 Å². The summed E-state index contributed by atoms with van der Waals surface area (Å²) in [5.74, 6) is -0.929. The predicted molar refractivity (Wildman–Crippen MR) is 138 cm³/mol. The van der Waals surface area contributed by atoms with Gasteiger partial charge < -0.3 is 10.2 Å². The van der Waals surface area contributed by atoms with Gasteiger partial charge in [-0.2, -0.15) is 0 Å². The van der Waals surface area contributed by atoms with Crippen LogP contribution in [0.1, 0.15) is 32.8 Å². The summed E-state index contributed by atoms with van der Waals surface area (Å²) >= 11 is 18.6. The number of amides is 2. The largest absolute Gasteiger partial charge is 0.352 e. The van der Waals surface area contributed by atoms with Crippen molar-refractivity contribution >= 4 is 62.3 Å². The van der Waals surface area contributed by atoms with Gasteiger partial charge in [0.25, 0.3) is 0 Å². The van der Waals surface area contributed by atoms with Gasteiger partial charge in [-0.25, -0.2) is 8.42 Å². The molecule has 34 heavy (non-hydrogen) atoms. The summed E-state index contributed by atoms with van der Waals surface area (Å²) in [6.45, 7) is 4.85. The van der Waals surface area contributed by atoms with Crippen LogP contribution in [0.4, 0.5) is 5.69 Å². The summed E-state index contributed by atoms with van der Waals surface area (Å²) in [7, 11) is -3.87. The number of hydrogen-bond acceptors (Lipinski definition) is 4. The molecular formula is C23H28Cl3N3O4S. The van der Waals surface area contributed by atoms with Crippen molar-refractivity contribution in [2.75, 3.05) is 17.1 Å². The Kier molecular flexibility index (Phi) is 10.1.